The minimum absolute atomic E-state index is 0.212. The first kappa shape index (κ1) is 15.4. The maximum absolute atomic E-state index is 9.78. The number of hydrogen-bond acceptors (Lipinski definition) is 4. The Morgan fingerprint density at radius 2 is 2.35 bits per heavy atom. The molecule has 2 heterocycles. The van der Waals surface area contributed by atoms with E-state index in [-0.39, 0.29) is 6.10 Å². The van der Waals surface area contributed by atoms with Gasteiger partial charge in [-0.15, -0.1) is 0 Å². The predicted molar refractivity (Wildman–Crippen MR) is 81.5 cm³/mol. The third-order valence-electron chi connectivity index (χ3n) is 4.34. The van der Waals surface area contributed by atoms with Crippen molar-refractivity contribution < 1.29 is 5.11 Å². The fraction of sp³-hybridized carbons (Fsp3) is 0.688. The van der Waals surface area contributed by atoms with Gasteiger partial charge in [-0.25, -0.2) is 0 Å². The van der Waals surface area contributed by atoms with Crippen molar-refractivity contribution in [2.24, 2.45) is 5.92 Å². The zero-order valence-corrected chi connectivity index (χ0v) is 12.9. The molecular weight excluding hydrogens is 250 g/mol. The maximum Gasteiger partial charge on any atom is 0.0664 e. The third-order valence-corrected chi connectivity index (χ3v) is 4.34. The molecule has 1 aromatic heterocycles. The van der Waals surface area contributed by atoms with Crippen molar-refractivity contribution in [3.05, 3.63) is 30.1 Å². The highest BCUT2D eigenvalue weighted by atomic mass is 16.3. The molecule has 0 aliphatic carbocycles. The second kappa shape index (κ2) is 7.16. The molecule has 4 heteroatoms. The number of hydrogen-bond donors (Lipinski definition) is 1. The van der Waals surface area contributed by atoms with E-state index in [0.717, 1.165) is 26.1 Å². The highest BCUT2D eigenvalue weighted by Crippen LogP contribution is 2.36. The van der Waals surface area contributed by atoms with Gasteiger partial charge in [0.2, 0.25) is 0 Å². The van der Waals surface area contributed by atoms with Gasteiger partial charge in [-0.3, -0.25) is 9.88 Å². The summed E-state index contributed by atoms with van der Waals surface area (Å²) in [6.07, 6.45) is 5.64. The van der Waals surface area contributed by atoms with Gasteiger partial charge < -0.3 is 10.0 Å². The zero-order chi connectivity index (χ0) is 14.5. The number of likely N-dealkylation sites (tertiary alicyclic amines) is 1. The maximum atomic E-state index is 9.78. The van der Waals surface area contributed by atoms with E-state index in [9.17, 15) is 5.11 Å². The van der Waals surface area contributed by atoms with Crippen LogP contribution in [0.25, 0.3) is 0 Å². The lowest BCUT2D eigenvalue weighted by Crippen LogP contribution is -2.34. The number of likely N-dealkylation sites (N-methyl/N-ethyl adjacent to an activating group) is 1. The van der Waals surface area contributed by atoms with Crippen molar-refractivity contribution in [2.45, 2.75) is 31.9 Å². The van der Waals surface area contributed by atoms with Gasteiger partial charge in [-0.1, -0.05) is 13.0 Å². The van der Waals surface area contributed by atoms with Crippen LogP contribution in [0.3, 0.4) is 0 Å². The van der Waals surface area contributed by atoms with Crippen molar-refractivity contribution in [1.29, 1.82) is 0 Å². The summed E-state index contributed by atoms with van der Waals surface area (Å²) >= 11 is 0. The third kappa shape index (κ3) is 3.78. The van der Waals surface area contributed by atoms with Gasteiger partial charge in [0.15, 0.2) is 0 Å². The SMILES string of the molecule is CC[C@H](O)CN(C)C[C@@H]1CCN(C)[C@H]1c1cccnc1. The normalized spacial score (nSPS) is 25.2. The molecule has 3 atom stereocenters. The summed E-state index contributed by atoms with van der Waals surface area (Å²) in [5.74, 6) is 0.609. The molecule has 1 fully saturated rings. The van der Waals surface area contributed by atoms with Crippen LogP contribution in [0.1, 0.15) is 31.4 Å². The second-order valence-electron chi connectivity index (χ2n) is 6.04. The summed E-state index contributed by atoms with van der Waals surface area (Å²) in [5, 5.41) is 9.78. The van der Waals surface area contributed by atoms with Gasteiger partial charge in [-0.05, 0) is 51.0 Å². The first-order chi connectivity index (χ1) is 9.61. The Kier molecular flexibility index (Phi) is 5.52. The molecule has 0 unspecified atom stereocenters. The van der Waals surface area contributed by atoms with E-state index in [1.165, 1.54) is 12.0 Å². The largest absolute Gasteiger partial charge is 0.392 e. The van der Waals surface area contributed by atoms with Crippen molar-refractivity contribution >= 4 is 0 Å². The van der Waals surface area contributed by atoms with Gasteiger partial charge in [0.1, 0.15) is 0 Å². The molecule has 0 saturated carbocycles. The molecule has 0 amide bonds. The Balaban J connectivity index is 2.00. The molecule has 4 nitrogen and oxygen atoms in total. The molecule has 0 bridgehead atoms. The number of aliphatic hydroxyl groups is 1. The van der Waals surface area contributed by atoms with Crippen LogP contribution in [0, 0.1) is 5.92 Å². The molecule has 112 valence electrons. The van der Waals surface area contributed by atoms with Gasteiger partial charge >= 0.3 is 0 Å². The van der Waals surface area contributed by atoms with Crippen LogP contribution in [-0.4, -0.2) is 59.7 Å². The van der Waals surface area contributed by atoms with Crippen molar-refractivity contribution in [3.63, 3.8) is 0 Å². The monoisotopic (exact) mass is 277 g/mol. The average Bonchev–Trinajstić information content (AvgIpc) is 2.80. The van der Waals surface area contributed by atoms with Crippen LogP contribution in [0.4, 0.5) is 0 Å². The smallest absolute Gasteiger partial charge is 0.0664 e. The molecule has 0 radical (unpaired) electrons. The molecule has 2 rings (SSSR count). The lowest BCUT2D eigenvalue weighted by Gasteiger charge is -2.29. The molecule has 0 spiro atoms. The molecule has 1 N–H and O–H groups in total. The van der Waals surface area contributed by atoms with Crippen LogP contribution >= 0.6 is 0 Å². The van der Waals surface area contributed by atoms with E-state index >= 15 is 0 Å². The average molecular weight is 277 g/mol. The molecule has 1 aliphatic heterocycles. The molecule has 0 aromatic carbocycles. The van der Waals surface area contributed by atoms with Crippen LogP contribution in [0.2, 0.25) is 0 Å². The van der Waals surface area contributed by atoms with Crippen molar-refractivity contribution in [1.82, 2.24) is 14.8 Å². The topological polar surface area (TPSA) is 39.6 Å². The van der Waals surface area contributed by atoms with E-state index in [1.54, 1.807) is 0 Å². The fourth-order valence-corrected chi connectivity index (χ4v) is 3.26. The van der Waals surface area contributed by atoms with Crippen LogP contribution in [-0.2, 0) is 0 Å². The van der Waals surface area contributed by atoms with E-state index in [0.29, 0.717) is 12.0 Å². The Morgan fingerprint density at radius 1 is 1.55 bits per heavy atom. The first-order valence-corrected chi connectivity index (χ1v) is 7.58. The molecular formula is C16H27N3O. The summed E-state index contributed by atoms with van der Waals surface area (Å²) < 4.78 is 0. The van der Waals surface area contributed by atoms with E-state index in [2.05, 4.69) is 34.9 Å². The lowest BCUT2D eigenvalue weighted by atomic mass is 9.94. The lowest BCUT2D eigenvalue weighted by molar-refractivity contribution is 0.109. The predicted octanol–water partition coefficient (Wildman–Crippen LogP) is 1.78. The summed E-state index contributed by atoms with van der Waals surface area (Å²) in [4.78, 5) is 8.95. The number of pyridine rings is 1. The Morgan fingerprint density at radius 3 is 3.00 bits per heavy atom. The molecule has 20 heavy (non-hydrogen) atoms. The highest BCUT2D eigenvalue weighted by Gasteiger charge is 2.33. The van der Waals surface area contributed by atoms with Gasteiger partial charge in [-0.2, -0.15) is 0 Å². The minimum atomic E-state index is -0.212. The van der Waals surface area contributed by atoms with Crippen molar-refractivity contribution in [2.75, 3.05) is 33.7 Å². The molecule has 1 aliphatic rings. The fourth-order valence-electron chi connectivity index (χ4n) is 3.26. The molecule has 1 aromatic rings. The van der Waals surface area contributed by atoms with Gasteiger partial charge in [0.25, 0.3) is 0 Å². The summed E-state index contributed by atoms with van der Waals surface area (Å²) in [6.45, 7) is 4.95. The summed E-state index contributed by atoms with van der Waals surface area (Å²) in [5.41, 5.74) is 1.31. The Labute approximate surface area is 122 Å². The highest BCUT2D eigenvalue weighted by molar-refractivity contribution is 5.17. The zero-order valence-electron chi connectivity index (χ0n) is 12.9. The summed E-state index contributed by atoms with van der Waals surface area (Å²) in [7, 11) is 4.30. The van der Waals surface area contributed by atoms with Crippen molar-refractivity contribution in [3.8, 4) is 0 Å². The number of aromatic nitrogens is 1. The van der Waals surface area contributed by atoms with E-state index < -0.39 is 0 Å². The Hall–Kier alpha value is -0.970. The van der Waals surface area contributed by atoms with Gasteiger partial charge in [0, 0.05) is 31.5 Å². The number of rotatable bonds is 6. The van der Waals surface area contributed by atoms with E-state index in [1.807, 2.05) is 25.4 Å². The summed E-state index contributed by atoms with van der Waals surface area (Å²) in [6, 6.07) is 4.64. The number of aliphatic hydroxyl groups excluding tert-OH is 1. The standard InChI is InChI=1S/C16H27N3O/c1-4-15(20)12-18(2)11-14-7-9-19(3)16(14)13-6-5-8-17-10-13/h5-6,8,10,14-16,20H,4,7,9,11-12H2,1-3H3/t14-,15-,16-/m0/s1. The Bertz CT molecular complexity index is 398. The van der Waals surface area contributed by atoms with Gasteiger partial charge in [0.05, 0.1) is 6.10 Å². The number of nitrogens with zero attached hydrogens (tertiary/aromatic N) is 3. The molecule has 1 saturated heterocycles. The van der Waals surface area contributed by atoms with Crippen LogP contribution in [0.5, 0.6) is 0 Å². The quantitative estimate of drug-likeness (QED) is 0.860. The first-order valence-electron chi connectivity index (χ1n) is 7.58. The van der Waals surface area contributed by atoms with E-state index in [4.69, 9.17) is 0 Å². The second-order valence-corrected chi connectivity index (χ2v) is 6.04. The minimum Gasteiger partial charge on any atom is -0.392 e. The van der Waals surface area contributed by atoms with Crippen LogP contribution < -0.4 is 0 Å². The van der Waals surface area contributed by atoms with Crippen LogP contribution in [0.15, 0.2) is 24.5 Å².